The minimum absolute atomic E-state index is 0.347. The van der Waals surface area contributed by atoms with Crippen LogP contribution in [0.4, 0.5) is 5.69 Å². The summed E-state index contributed by atoms with van der Waals surface area (Å²) in [5, 5.41) is 0. The molecule has 2 aromatic rings. The van der Waals surface area contributed by atoms with E-state index < -0.39 is 0 Å². The number of rotatable bonds is 4. The predicted molar refractivity (Wildman–Crippen MR) is 77.3 cm³/mol. The van der Waals surface area contributed by atoms with E-state index in [9.17, 15) is 4.79 Å². The number of esters is 1. The van der Waals surface area contributed by atoms with E-state index in [-0.39, 0.29) is 5.97 Å². The summed E-state index contributed by atoms with van der Waals surface area (Å²) >= 11 is 1.38. The Bertz CT molecular complexity index is 579. The molecule has 0 fully saturated rings. The van der Waals surface area contributed by atoms with Crippen LogP contribution in [0.1, 0.15) is 29.1 Å². The second kappa shape index (κ2) is 5.84. The molecule has 0 saturated carbocycles. The Morgan fingerprint density at radius 1 is 1.37 bits per heavy atom. The second-order valence-electron chi connectivity index (χ2n) is 3.96. The summed E-state index contributed by atoms with van der Waals surface area (Å²) in [7, 11) is 0. The molecule has 0 unspecified atom stereocenters. The Labute approximate surface area is 116 Å². The highest BCUT2D eigenvalue weighted by Gasteiger charge is 2.21. The lowest BCUT2D eigenvalue weighted by atomic mass is 10.1. The first-order valence-electron chi connectivity index (χ1n) is 6.17. The van der Waals surface area contributed by atoms with Crippen LogP contribution in [0.15, 0.2) is 24.5 Å². The van der Waals surface area contributed by atoms with E-state index in [1.54, 1.807) is 19.3 Å². The molecule has 0 aliphatic rings. The lowest BCUT2D eigenvalue weighted by molar-refractivity contribution is 0.0533. The van der Waals surface area contributed by atoms with E-state index in [0.29, 0.717) is 17.2 Å². The minimum atomic E-state index is -0.347. The van der Waals surface area contributed by atoms with Gasteiger partial charge in [-0.2, -0.15) is 0 Å². The van der Waals surface area contributed by atoms with Gasteiger partial charge >= 0.3 is 5.97 Å². The molecular formula is C14H16N2O2S. The molecule has 0 aliphatic heterocycles. The van der Waals surface area contributed by atoms with Crippen LogP contribution >= 0.6 is 11.3 Å². The summed E-state index contributed by atoms with van der Waals surface area (Å²) in [4.78, 5) is 17.4. The molecule has 0 aliphatic carbocycles. The number of carbonyl (C=O) groups is 1. The van der Waals surface area contributed by atoms with Crippen LogP contribution in [-0.2, 0) is 11.2 Å². The number of nitrogen functional groups attached to an aromatic ring is 1. The molecule has 0 atom stereocenters. The van der Waals surface area contributed by atoms with Crippen molar-refractivity contribution in [3.8, 4) is 10.4 Å². The number of pyridine rings is 1. The zero-order chi connectivity index (χ0) is 13.8. The number of ether oxygens (including phenoxy) is 1. The molecule has 2 N–H and O–H groups in total. The predicted octanol–water partition coefficient (Wildman–Crippen LogP) is 3.13. The summed E-state index contributed by atoms with van der Waals surface area (Å²) in [6.45, 7) is 4.16. The fraction of sp³-hybridized carbons (Fsp3) is 0.286. The van der Waals surface area contributed by atoms with Gasteiger partial charge in [-0.25, -0.2) is 4.79 Å². The summed E-state index contributed by atoms with van der Waals surface area (Å²) in [6, 6.07) is 3.83. The molecule has 5 heteroatoms. The average Bonchev–Trinajstić information content (AvgIpc) is 2.77. The van der Waals surface area contributed by atoms with Crippen LogP contribution in [0.3, 0.4) is 0 Å². The second-order valence-corrected chi connectivity index (χ2v) is 4.98. The summed E-state index contributed by atoms with van der Waals surface area (Å²) in [5.41, 5.74) is 8.64. The molecule has 19 heavy (non-hydrogen) atoms. The molecule has 0 aromatic carbocycles. The molecular weight excluding hydrogens is 260 g/mol. The molecule has 0 bridgehead atoms. The Kier molecular flexibility index (Phi) is 4.16. The molecule has 0 saturated heterocycles. The van der Waals surface area contributed by atoms with Crippen LogP contribution in [0, 0.1) is 0 Å². The normalized spacial score (nSPS) is 10.4. The molecule has 0 spiro atoms. The maximum atomic E-state index is 11.9. The topological polar surface area (TPSA) is 65.2 Å². The third-order valence-electron chi connectivity index (χ3n) is 2.80. The molecule has 2 rings (SSSR count). The number of thiophene rings is 1. The van der Waals surface area contributed by atoms with Crippen molar-refractivity contribution in [1.82, 2.24) is 4.98 Å². The van der Waals surface area contributed by atoms with Gasteiger partial charge in [0.05, 0.1) is 12.3 Å². The maximum absolute atomic E-state index is 11.9. The molecule has 2 heterocycles. The van der Waals surface area contributed by atoms with Crippen molar-refractivity contribution < 1.29 is 9.53 Å². The van der Waals surface area contributed by atoms with Crippen molar-refractivity contribution >= 4 is 23.0 Å². The van der Waals surface area contributed by atoms with E-state index in [1.165, 1.54) is 11.3 Å². The summed E-state index contributed by atoms with van der Waals surface area (Å²) < 4.78 is 5.04. The number of hydrogen-bond acceptors (Lipinski definition) is 5. The van der Waals surface area contributed by atoms with Gasteiger partial charge < -0.3 is 10.5 Å². The molecule has 0 radical (unpaired) electrons. The number of aromatic nitrogens is 1. The number of hydrogen-bond donors (Lipinski definition) is 1. The van der Waals surface area contributed by atoms with E-state index in [4.69, 9.17) is 10.5 Å². The summed E-state index contributed by atoms with van der Waals surface area (Å²) in [6.07, 6.45) is 4.24. The van der Waals surface area contributed by atoms with Crippen LogP contribution in [0.5, 0.6) is 0 Å². The largest absolute Gasteiger partial charge is 0.462 e. The first-order valence-corrected chi connectivity index (χ1v) is 6.99. The van der Waals surface area contributed by atoms with Crippen molar-refractivity contribution in [3.05, 3.63) is 35.0 Å². The van der Waals surface area contributed by atoms with Crippen LogP contribution in [0.25, 0.3) is 10.4 Å². The highest BCUT2D eigenvalue weighted by atomic mass is 32.1. The smallest absolute Gasteiger partial charge is 0.350 e. The maximum Gasteiger partial charge on any atom is 0.350 e. The molecule has 100 valence electrons. The fourth-order valence-corrected chi connectivity index (χ4v) is 3.12. The van der Waals surface area contributed by atoms with Crippen molar-refractivity contribution in [1.29, 1.82) is 0 Å². The Morgan fingerprint density at radius 2 is 2.05 bits per heavy atom. The Hall–Kier alpha value is -1.88. The van der Waals surface area contributed by atoms with Gasteiger partial charge in [-0.1, -0.05) is 6.92 Å². The molecule has 4 nitrogen and oxygen atoms in total. The van der Waals surface area contributed by atoms with Crippen molar-refractivity contribution in [2.75, 3.05) is 12.3 Å². The first kappa shape index (κ1) is 13.5. The van der Waals surface area contributed by atoms with Gasteiger partial charge in [-0.15, -0.1) is 11.3 Å². The van der Waals surface area contributed by atoms with E-state index in [2.05, 4.69) is 4.98 Å². The quantitative estimate of drug-likeness (QED) is 0.871. The van der Waals surface area contributed by atoms with E-state index >= 15 is 0 Å². The summed E-state index contributed by atoms with van der Waals surface area (Å²) in [5.74, 6) is -0.347. The lowest BCUT2D eigenvalue weighted by Gasteiger charge is -2.02. The highest BCUT2D eigenvalue weighted by molar-refractivity contribution is 7.18. The standard InChI is InChI=1S/C14H16N2O2S/c1-3-10-11(15)13(14(17)18-4-2)19-12(10)9-5-7-16-8-6-9/h5-8H,3-4,15H2,1-2H3. The van der Waals surface area contributed by atoms with Gasteiger partial charge in [0.2, 0.25) is 0 Å². The van der Waals surface area contributed by atoms with Crippen molar-refractivity contribution in [2.45, 2.75) is 20.3 Å². The monoisotopic (exact) mass is 276 g/mol. The molecule has 0 amide bonds. The number of nitrogens with two attached hydrogens (primary N) is 1. The Morgan fingerprint density at radius 3 is 2.63 bits per heavy atom. The van der Waals surface area contributed by atoms with E-state index in [1.807, 2.05) is 19.1 Å². The number of carbonyl (C=O) groups excluding carboxylic acids is 1. The Balaban J connectivity index is 2.51. The van der Waals surface area contributed by atoms with Crippen LogP contribution in [-0.4, -0.2) is 17.6 Å². The highest BCUT2D eigenvalue weighted by Crippen LogP contribution is 2.39. The first-order chi connectivity index (χ1) is 9.19. The minimum Gasteiger partial charge on any atom is -0.462 e. The number of anilines is 1. The SMILES string of the molecule is CCOC(=O)c1sc(-c2ccncc2)c(CC)c1N. The zero-order valence-electron chi connectivity index (χ0n) is 11.0. The van der Waals surface area contributed by atoms with Gasteiger partial charge in [0, 0.05) is 17.3 Å². The molecule has 2 aromatic heterocycles. The zero-order valence-corrected chi connectivity index (χ0v) is 11.8. The van der Waals surface area contributed by atoms with Gasteiger partial charge in [0.25, 0.3) is 0 Å². The van der Waals surface area contributed by atoms with Gasteiger partial charge in [-0.3, -0.25) is 4.98 Å². The van der Waals surface area contributed by atoms with Crippen molar-refractivity contribution in [2.24, 2.45) is 0 Å². The van der Waals surface area contributed by atoms with Gasteiger partial charge in [-0.05, 0) is 36.6 Å². The van der Waals surface area contributed by atoms with E-state index in [0.717, 1.165) is 22.4 Å². The average molecular weight is 276 g/mol. The lowest BCUT2D eigenvalue weighted by Crippen LogP contribution is -2.05. The van der Waals surface area contributed by atoms with Crippen LogP contribution < -0.4 is 5.73 Å². The van der Waals surface area contributed by atoms with Gasteiger partial charge in [0.15, 0.2) is 0 Å². The van der Waals surface area contributed by atoms with Crippen molar-refractivity contribution in [3.63, 3.8) is 0 Å². The van der Waals surface area contributed by atoms with Crippen LogP contribution in [0.2, 0.25) is 0 Å². The fourth-order valence-electron chi connectivity index (χ4n) is 1.91. The van der Waals surface area contributed by atoms with Gasteiger partial charge in [0.1, 0.15) is 4.88 Å². The third kappa shape index (κ3) is 2.61. The third-order valence-corrected chi connectivity index (χ3v) is 4.08. The number of nitrogens with zero attached hydrogens (tertiary/aromatic N) is 1.